The number of carbonyl (C=O) groups is 4. The van der Waals surface area contributed by atoms with Crippen LogP contribution in [0.2, 0.25) is 10.6 Å². The average molecular weight is 946 g/mol. The highest BCUT2D eigenvalue weighted by Gasteiger charge is 2.33. The molecular formula is C40H60Cl2F2N12O8. The highest BCUT2D eigenvalue weighted by Crippen LogP contribution is 2.34. The average Bonchev–Trinajstić information content (AvgIpc) is 4.12. The number of hydrogen-bond acceptors (Lipinski definition) is 14. The summed E-state index contributed by atoms with van der Waals surface area (Å²) in [6, 6.07) is -0.110. The van der Waals surface area contributed by atoms with Gasteiger partial charge in [0, 0.05) is 51.5 Å². The van der Waals surface area contributed by atoms with Crippen LogP contribution in [0.25, 0.3) is 0 Å². The summed E-state index contributed by atoms with van der Waals surface area (Å²) in [4.78, 5) is 66.6. The lowest BCUT2D eigenvalue weighted by Crippen LogP contribution is -2.42. The lowest BCUT2D eigenvalue weighted by molar-refractivity contribution is -0.125. The van der Waals surface area contributed by atoms with Crippen molar-refractivity contribution in [3.8, 4) is 0 Å². The fourth-order valence-electron chi connectivity index (χ4n) is 9.22. The standard InChI is InChI=1S/2C20H30ClFN6O4/c2*21-19-24-16(15(22)17(25-19)28-8-3-6-14(28)7-9-29)26-27-18(30)13(11-23-20(31)32)10-12-4-1-2-5-12/h2*12-14,23,29H,1-11H2,(H,27,30)(H,31,32)(H,24,25,26)/t2*13-,14+/m11/s1. The second-order valence-corrected chi connectivity index (χ2v) is 17.4. The summed E-state index contributed by atoms with van der Waals surface area (Å²) < 4.78 is 30.3. The van der Waals surface area contributed by atoms with E-state index in [9.17, 15) is 29.4 Å². The van der Waals surface area contributed by atoms with Gasteiger partial charge in [-0.25, -0.2) is 9.59 Å². The molecule has 2 aromatic rings. The Morgan fingerprint density at radius 2 is 0.984 bits per heavy atom. The topological polar surface area (TPSA) is 279 Å². The molecule has 0 aromatic carbocycles. The monoisotopic (exact) mass is 944 g/mol. The van der Waals surface area contributed by atoms with E-state index in [1.807, 2.05) is 0 Å². The number of hydrazine groups is 2. The molecule has 356 valence electrons. The summed E-state index contributed by atoms with van der Waals surface area (Å²) in [6.45, 7) is 1.05. The zero-order chi connectivity index (χ0) is 46.2. The minimum atomic E-state index is -1.21. The Morgan fingerprint density at radius 3 is 1.33 bits per heavy atom. The Labute approximate surface area is 380 Å². The predicted molar refractivity (Wildman–Crippen MR) is 234 cm³/mol. The molecule has 0 bridgehead atoms. The van der Waals surface area contributed by atoms with Crippen molar-refractivity contribution in [3.05, 3.63) is 22.2 Å². The normalized spacial score (nSPS) is 19.7. The highest BCUT2D eigenvalue weighted by atomic mass is 35.5. The molecule has 4 atom stereocenters. The van der Waals surface area contributed by atoms with E-state index < -0.39 is 47.5 Å². The third-order valence-corrected chi connectivity index (χ3v) is 12.7. The number of nitrogens with zero attached hydrogens (tertiary/aromatic N) is 6. The summed E-state index contributed by atoms with van der Waals surface area (Å²) in [5.74, 6) is -3.41. The van der Waals surface area contributed by atoms with Crippen LogP contribution < -0.4 is 42.1 Å². The Balaban J connectivity index is 0.000000241. The summed E-state index contributed by atoms with van der Waals surface area (Å²) >= 11 is 12.0. The van der Waals surface area contributed by atoms with Crippen LogP contribution in [0.1, 0.15) is 103 Å². The lowest BCUT2D eigenvalue weighted by atomic mass is 9.92. The molecule has 2 aromatic heterocycles. The molecule has 4 fully saturated rings. The van der Waals surface area contributed by atoms with Gasteiger partial charge in [-0.3, -0.25) is 31.3 Å². The van der Waals surface area contributed by atoms with E-state index in [1.54, 1.807) is 9.80 Å². The van der Waals surface area contributed by atoms with Gasteiger partial charge in [-0.05, 0) is 86.4 Å². The number of carboxylic acid groups (broad SMARTS) is 2. The Hall–Kier alpha value is -4.80. The quantitative estimate of drug-likeness (QED) is 0.0614. The van der Waals surface area contributed by atoms with Crippen molar-refractivity contribution in [2.45, 2.75) is 115 Å². The van der Waals surface area contributed by atoms with Crippen LogP contribution in [0.4, 0.5) is 41.6 Å². The van der Waals surface area contributed by atoms with Gasteiger partial charge in [0.05, 0.1) is 11.8 Å². The van der Waals surface area contributed by atoms with Crippen molar-refractivity contribution in [1.29, 1.82) is 0 Å². The van der Waals surface area contributed by atoms with E-state index in [0.29, 0.717) is 50.6 Å². The van der Waals surface area contributed by atoms with Crippen molar-refractivity contribution in [2.24, 2.45) is 23.7 Å². The van der Waals surface area contributed by atoms with Crippen LogP contribution in [-0.4, -0.2) is 116 Å². The van der Waals surface area contributed by atoms with Crippen molar-refractivity contribution >= 4 is 70.5 Å². The van der Waals surface area contributed by atoms with E-state index in [-0.39, 0.29) is 72.2 Å². The Bertz CT molecular complexity index is 1750. The van der Waals surface area contributed by atoms with Gasteiger partial charge in [0.2, 0.25) is 34.0 Å². The molecule has 20 nitrogen and oxygen atoms in total. The molecule has 2 saturated heterocycles. The summed E-state index contributed by atoms with van der Waals surface area (Å²) in [5.41, 5.74) is 9.89. The molecule has 0 radical (unpaired) electrons. The van der Waals surface area contributed by atoms with E-state index >= 15 is 8.78 Å². The number of anilines is 4. The molecule has 2 aliphatic carbocycles. The maximum absolute atomic E-state index is 15.2. The van der Waals surface area contributed by atoms with Crippen molar-refractivity contribution in [2.75, 3.05) is 60.0 Å². The number of aliphatic hydroxyl groups is 2. The molecule has 4 amide bonds. The first-order valence-corrected chi connectivity index (χ1v) is 22.8. The summed E-state index contributed by atoms with van der Waals surface area (Å²) in [5, 5.41) is 40.5. The molecule has 4 heterocycles. The third-order valence-electron chi connectivity index (χ3n) is 12.4. The largest absolute Gasteiger partial charge is 0.465 e. The lowest BCUT2D eigenvalue weighted by Gasteiger charge is -2.26. The van der Waals surface area contributed by atoms with Gasteiger partial charge >= 0.3 is 12.2 Å². The molecule has 64 heavy (non-hydrogen) atoms. The minimum Gasteiger partial charge on any atom is -0.465 e. The van der Waals surface area contributed by atoms with E-state index in [4.69, 9.17) is 33.4 Å². The van der Waals surface area contributed by atoms with E-state index in [1.165, 1.54) is 0 Å². The summed E-state index contributed by atoms with van der Waals surface area (Å²) in [6.07, 6.45) is 11.4. The second-order valence-electron chi connectivity index (χ2n) is 16.7. The van der Waals surface area contributed by atoms with Crippen molar-refractivity contribution < 1.29 is 48.4 Å². The van der Waals surface area contributed by atoms with Gasteiger partial charge in [0.25, 0.3) is 0 Å². The number of carbonyl (C=O) groups excluding carboxylic acids is 2. The summed E-state index contributed by atoms with van der Waals surface area (Å²) in [7, 11) is 0. The number of amides is 4. The van der Waals surface area contributed by atoms with Gasteiger partial charge in [-0.2, -0.15) is 28.7 Å². The van der Waals surface area contributed by atoms with Crippen LogP contribution in [0.3, 0.4) is 0 Å². The molecule has 2 aliphatic heterocycles. The first-order chi connectivity index (χ1) is 30.8. The van der Waals surface area contributed by atoms with E-state index in [0.717, 1.165) is 77.0 Å². The SMILES string of the molecule is O=C(O)NC[C@@H](CC1CCCC1)C(=O)NNc1nc(Cl)nc(N2CCC[C@H]2CCO)c1F.O=C(O)NC[C@@H](CC1CCCC1)C(=O)NNc1nc(Cl)nc(N2CCC[C@H]2CCO)c1F. The maximum atomic E-state index is 15.2. The fraction of sp³-hybridized carbons (Fsp3) is 0.700. The van der Waals surface area contributed by atoms with Gasteiger partial charge in [0.15, 0.2) is 23.3 Å². The van der Waals surface area contributed by atoms with Gasteiger partial charge in [-0.15, -0.1) is 0 Å². The first-order valence-electron chi connectivity index (χ1n) is 22.0. The molecule has 10 N–H and O–H groups in total. The number of halogens is 4. The zero-order valence-corrected chi connectivity index (χ0v) is 37.1. The second kappa shape index (κ2) is 25.0. The number of aliphatic hydroxyl groups excluding tert-OH is 2. The number of rotatable bonds is 20. The van der Waals surface area contributed by atoms with Gasteiger partial charge in [0.1, 0.15) is 0 Å². The molecule has 2 saturated carbocycles. The predicted octanol–water partition coefficient (Wildman–Crippen LogP) is 5.06. The molecule has 0 unspecified atom stereocenters. The smallest absolute Gasteiger partial charge is 0.404 e. The van der Waals surface area contributed by atoms with Crippen LogP contribution in [0.5, 0.6) is 0 Å². The first kappa shape index (κ1) is 50.2. The van der Waals surface area contributed by atoms with Crippen molar-refractivity contribution in [3.63, 3.8) is 0 Å². The molecule has 0 spiro atoms. The fourth-order valence-corrected chi connectivity index (χ4v) is 9.55. The number of nitrogens with one attached hydrogen (secondary N) is 6. The van der Waals surface area contributed by atoms with Crippen molar-refractivity contribution in [1.82, 2.24) is 41.4 Å². The van der Waals surface area contributed by atoms with Crippen LogP contribution in [-0.2, 0) is 9.59 Å². The van der Waals surface area contributed by atoms with Crippen LogP contribution in [0.15, 0.2) is 0 Å². The van der Waals surface area contributed by atoms with Gasteiger partial charge < -0.3 is 40.9 Å². The molecule has 24 heteroatoms. The Kier molecular flexibility index (Phi) is 19.6. The molecule has 4 aliphatic rings. The zero-order valence-electron chi connectivity index (χ0n) is 35.6. The Morgan fingerprint density at radius 1 is 0.609 bits per heavy atom. The van der Waals surface area contributed by atoms with Crippen LogP contribution >= 0.6 is 23.2 Å². The molecular weight excluding hydrogens is 885 g/mol. The van der Waals surface area contributed by atoms with E-state index in [2.05, 4.69) is 52.3 Å². The minimum absolute atomic E-state index is 0.0183. The number of hydrogen-bond donors (Lipinski definition) is 10. The highest BCUT2D eigenvalue weighted by molar-refractivity contribution is 6.28. The third kappa shape index (κ3) is 14.6. The molecule has 6 rings (SSSR count). The van der Waals surface area contributed by atoms with Crippen LogP contribution in [0, 0.1) is 35.3 Å². The number of aromatic nitrogens is 4. The maximum Gasteiger partial charge on any atom is 0.404 e. The van der Waals surface area contributed by atoms with Gasteiger partial charge in [-0.1, -0.05) is 51.4 Å².